The van der Waals surface area contributed by atoms with E-state index in [-0.39, 0.29) is 28.9 Å². The Kier molecular flexibility index (Phi) is 3.75. The molecule has 0 aliphatic carbocycles. The van der Waals surface area contributed by atoms with Crippen molar-refractivity contribution in [3.63, 3.8) is 0 Å². The van der Waals surface area contributed by atoms with Crippen LogP contribution < -0.4 is 10.0 Å². The van der Waals surface area contributed by atoms with Crippen molar-refractivity contribution in [2.45, 2.75) is 11.7 Å². The zero-order valence-corrected chi connectivity index (χ0v) is 12.3. The van der Waals surface area contributed by atoms with Crippen LogP contribution in [0.1, 0.15) is 6.42 Å². The first-order valence-electron chi connectivity index (χ1n) is 5.32. The molecule has 1 aromatic rings. The van der Waals surface area contributed by atoms with E-state index in [1.807, 2.05) is 0 Å². The van der Waals surface area contributed by atoms with Crippen LogP contribution in [0.3, 0.4) is 0 Å². The van der Waals surface area contributed by atoms with Gasteiger partial charge in [0, 0.05) is 19.0 Å². The summed E-state index contributed by atoms with van der Waals surface area (Å²) in [6.45, 7) is -0.124. The van der Waals surface area contributed by atoms with Gasteiger partial charge in [0.1, 0.15) is 17.3 Å². The van der Waals surface area contributed by atoms with Crippen LogP contribution in [0.2, 0.25) is 0 Å². The van der Waals surface area contributed by atoms with Crippen LogP contribution in [0, 0.1) is 10.1 Å². The Morgan fingerprint density at radius 3 is 2.65 bits per heavy atom. The zero-order chi connectivity index (χ0) is 15.1. The number of nitro groups is 1. The fourth-order valence-corrected chi connectivity index (χ4v) is 3.10. The molecular formula is C9H9BrN4O5S. The third-order valence-electron chi connectivity index (χ3n) is 2.83. The van der Waals surface area contributed by atoms with Gasteiger partial charge < -0.3 is 0 Å². The molecule has 9 nitrogen and oxygen atoms in total. The van der Waals surface area contributed by atoms with E-state index in [0.717, 1.165) is 11.1 Å². The highest BCUT2D eigenvalue weighted by Crippen LogP contribution is 2.31. The molecule has 108 valence electrons. The number of halogens is 1. The number of hydrogen-bond donors (Lipinski definition) is 1. The lowest BCUT2D eigenvalue weighted by Gasteiger charge is -2.16. The summed E-state index contributed by atoms with van der Waals surface area (Å²) in [5.74, 6) is -0.321. The Balaban J connectivity index is 2.33. The molecule has 0 saturated carbocycles. The Morgan fingerprint density at radius 2 is 2.20 bits per heavy atom. The number of sulfonamides is 1. The summed E-state index contributed by atoms with van der Waals surface area (Å²) in [7, 11) is -3.82. The molecule has 1 atom stereocenters. The van der Waals surface area contributed by atoms with Crippen molar-refractivity contribution in [2.75, 3.05) is 11.4 Å². The van der Waals surface area contributed by atoms with E-state index in [1.165, 1.54) is 6.07 Å². The molecular weight excluding hydrogens is 356 g/mol. The molecule has 1 aromatic heterocycles. The molecule has 1 saturated heterocycles. The van der Waals surface area contributed by atoms with Crippen LogP contribution in [0.15, 0.2) is 16.7 Å². The second kappa shape index (κ2) is 5.07. The number of amides is 1. The molecule has 2 N–H and O–H groups in total. The number of rotatable bonds is 3. The van der Waals surface area contributed by atoms with E-state index < -0.39 is 26.1 Å². The van der Waals surface area contributed by atoms with Gasteiger partial charge in [-0.05, 0) is 15.9 Å². The monoisotopic (exact) mass is 364 g/mol. The molecule has 2 heterocycles. The summed E-state index contributed by atoms with van der Waals surface area (Å²) >= 11 is 3.08. The fourth-order valence-electron chi connectivity index (χ4n) is 1.82. The third-order valence-corrected chi connectivity index (χ3v) is 4.66. The van der Waals surface area contributed by atoms with Gasteiger partial charge in [0.25, 0.3) is 5.69 Å². The van der Waals surface area contributed by atoms with E-state index in [4.69, 9.17) is 5.14 Å². The molecule has 20 heavy (non-hydrogen) atoms. The van der Waals surface area contributed by atoms with E-state index in [0.29, 0.717) is 0 Å². The van der Waals surface area contributed by atoms with Gasteiger partial charge in [-0.1, -0.05) is 0 Å². The lowest BCUT2D eigenvalue weighted by atomic mass is 10.4. The molecule has 0 spiro atoms. The van der Waals surface area contributed by atoms with Gasteiger partial charge in [-0.25, -0.2) is 18.5 Å². The lowest BCUT2D eigenvalue weighted by molar-refractivity contribution is -0.385. The molecule has 0 radical (unpaired) electrons. The number of carbonyl (C=O) groups excluding carboxylic acids is 1. The van der Waals surface area contributed by atoms with Crippen LogP contribution >= 0.6 is 15.9 Å². The number of primary sulfonamides is 1. The number of aromatic nitrogens is 1. The minimum absolute atomic E-state index is 0.124. The van der Waals surface area contributed by atoms with Crippen LogP contribution in [0.25, 0.3) is 0 Å². The lowest BCUT2D eigenvalue weighted by Crippen LogP contribution is -2.32. The van der Waals surface area contributed by atoms with Crippen molar-refractivity contribution in [2.24, 2.45) is 5.14 Å². The van der Waals surface area contributed by atoms with Gasteiger partial charge in [-0.15, -0.1) is 0 Å². The molecule has 0 bridgehead atoms. The SMILES string of the molecule is NS(=O)(=O)C1CC(=O)N(c2ncc([N+](=O)[O-])cc2Br)C1. The van der Waals surface area contributed by atoms with Gasteiger partial charge in [0.15, 0.2) is 0 Å². The zero-order valence-electron chi connectivity index (χ0n) is 9.89. The topological polar surface area (TPSA) is 136 Å². The van der Waals surface area contributed by atoms with Crippen LogP contribution in [-0.2, 0) is 14.8 Å². The molecule has 1 unspecified atom stereocenters. The largest absolute Gasteiger partial charge is 0.294 e. The van der Waals surface area contributed by atoms with E-state index >= 15 is 0 Å². The van der Waals surface area contributed by atoms with Crippen molar-refractivity contribution < 1.29 is 18.1 Å². The number of nitrogens with two attached hydrogens (primary N) is 1. The third kappa shape index (κ3) is 2.78. The smallest absolute Gasteiger partial charge is 0.288 e. The van der Waals surface area contributed by atoms with Crippen LogP contribution in [-0.4, -0.2) is 36.0 Å². The minimum atomic E-state index is -3.82. The van der Waals surface area contributed by atoms with Gasteiger partial charge in [-0.2, -0.15) is 0 Å². The summed E-state index contributed by atoms with van der Waals surface area (Å²) in [4.78, 5) is 26.8. The molecule has 1 amide bonds. The Morgan fingerprint density at radius 1 is 1.55 bits per heavy atom. The van der Waals surface area contributed by atoms with Crippen LogP contribution in [0.4, 0.5) is 11.5 Å². The minimum Gasteiger partial charge on any atom is -0.294 e. The van der Waals surface area contributed by atoms with E-state index in [1.54, 1.807) is 0 Å². The number of pyridine rings is 1. The Bertz CT molecular complexity index is 692. The van der Waals surface area contributed by atoms with Crippen molar-refractivity contribution in [3.05, 3.63) is 26.9 Å². The van der Waals surface area contributed by atoms with Gasteiger partial charge in [-0.3, -0.25) is 19.8 Å². The number of anilines is 1. The average molecular weight is 365 g/mol. The Labute approximate surface area is 122 Å². The maximum Gasteiger partial charge on any atom is 0.288 e. The number of carbonyl (C=O) groups is 1. The number of hydrogen-bond acceptors (Lipinski definition) is 6. The fraction of sp³-hybridized carbons (Fsp3) is 0.333. The van der Waals surface area contributed by atoms with Crippen molar-refractivity contribution in [1.82, 2.24) is 4.98 Å². The molecule has 1 aliphatic rings. The highest BCUT2D eigenvalue weighted by atomic mass is 79.9. The standard InChI is InChI=1S/C9H9BrN4O5S/c10-7-1-5(14(16)17)3-12-9(7)13-4-6(2-8(13)15)20(11,18)19/h1,3,6H,2,4H2,(H2,11,18,19). The molecule has 11 heteroatoms. The maximum atomic E-state index is 11.8. The summed E-state index contributed by atoms with van der Waals surface area (Å²) in [5, 5.41) is 14.6. The highest BCUT2D eigenvalue weighted by molar-refractivity contribution is 9.10. The van der Waals surface area contributed by atoms with Crippen LogP contribution in [0.5, 0.6) is 0 Å². The summed E-state index contributed by atoms with van der Waals surface area (Å²) < 4.78 is 22.8. The molecule has 0 aromatic carbocycles. The quantitative estimate of drug-likeness (QED) is 0.598. The predicted octanol–water partition coefficient (Wildman–Crippen LogP) is 0.146. The van der Waals surface area contributed by atoms with Crippen molar-refractivity contribution in [3.8, 4) is 0 Å². The predicted molar refractivity (Wildman–Crippen MR) is 72.5 cm³/mol. The summed E-state index contributed by atoms with van der Waals surface area (Å²) in [5.41, 5.74) is -0.240. The summed E-state index contributed by atoms with van der Waals surface area (Å²) in [6.07, 6.45) is 0.765. The molecule has 2 rings (SSSR count). The second-order valence-electron chi connectivity index (χ2n) is 4.18. The average Bonchev–Trinajstić information content (AvgIpc) is 2.71. The van der Waals surface area contributed by atoms with E-state index in [9.17, 15) is 23.3 Å². The van der Waals surface area contributed by atoms with Gasteiger partial charge in [0.2, 0.25) is 15.9 Å². The first-order chi connectivity index (χ1) is 9.20. The van der Waals surface area contributed by atoms with Gasteiger partial charge in [0.05, 0.1) is 9.40 Å². The normalized spacial score (nSPS) is 19.4. The van der Waals surface area contributed by atoms with Crippen molar-refractivity contribution in [1.29, 1.82) is 0 Å². The first-order valence-corrected chi connectivity index (χ1v) is 7.72. The molecule has 1 aliphatic heterocycles. The highest BCUT2D eigenvalue weighted by Gasteiger charge is 2.38. The van der Waals surface area contributed by atoms with E-state index in [2.05, 4.69) is 20.9 Å². The Hall–Kier alpha value is -1.59. The second-order valence-corrected chi connectivity index (χ2v) is 6.87. The molecule has 1 fully saturated rings. The first kappa shape index (κ1) is 14.8. The summed E-state index contributed by atoms with van der Waals surface area (Å²) in [6, 6.07) is 1.19. The van der Waals surface area contributed by atoms with Gasteiger partial charge >= 0.3 is 0 Å². The van der Waals surface area contributed by atoms with Crippen molar-refractivity contribution >= 4 is 43.4 Å². The maximum absolute atomic E-state index is 11.8. The number of nitrogens with zero attached hydrogens (tertiary/aromatic N) is 3.